The third kappa shape index (κ3) is 2.87. The van der Waals surface area contributed by atoms with Crippen molar-refractivity contribution in [3.63, 3.8) is 0 Å². The molecule has 0 saturated heterocycles. The van der Waals surface area contributed by atoms with Crippen LogP contribution < -0.4 is 5.73 Å². The predicted molar refractivity (Wildman–Crippen MR) is 58.7 cm³/mol. The summed E-state index contributed by atoms with van der Waals surface area (Å²) in [5.74, 6) is 6.59. The van der Waals surface area contributed by atoms with Crippen LogP contribution in [0.15, 0.2) is 11.4 Å². The molecule has 0 spiro atoms. The van der Waals surface area contributed by atoms with Crippen molar-refractivity contribution < 1.29 is 0 Å². The summed E-state index contributed by atoms with van der Waals surface area (Å²) >= 11 is 1.72. The Morgan fingerprint density at radius 1 is 1.46 bits per heavy atom. The Labute approximate surface area is 84.0 Å². The molecule has 0 amide bonds. The van der Waals surface area contributed by atoms with Gasteiger partial charge in [-0.05, 0) is 24.3 Å². The third-order valence-corrected chi connectivity index (χ3v) is 2.80. The van der Waals surface area contributed by atoms with Crippen molar-refractivity contribution in [1.29, 1.82) is 0 Å². The van der Waals surface area contributed by atoms with E-state index in [0.29, 0.717) is 5.92 Å². The summed E-state index contributed by atoms with van der Waals surface area (Å²) in [5, 5.41) is 2.06. The summed E-state index contributed by atoms with van der Waals surface area (Å²) in [6.07, 6.45) is 0. The first-order valence-corrected chi connectivity index (χ1v) is 5.30. The molecule has 1 aromatic rings. The zero-order valence-electron chi connectivity index (χ0n) is 8.29. The first-order valence-electron chi connectivity index (χ1n) is 4.42. The average molecular weight is 193 g/mol. The van der Waals surface area contributed by atoms with Crippen LogP contribution in [0.2, 0.25) is 0 Å². The SMILES string of the molecule is Cc1sccc1C#CC(N)C(C)C. The van der Waals surface area contributed by atoms with Gasteiger partial charge in [0.15, 0.2) is 0 Å². The van der Waals surface area contributed by atoms with Crippen molar-refractivity contribution in [3.8, 4) is 11.8 Å². The van der Waals surface area contributed by atoms with E-state index >= 15 is 0 Å². The molecule has 2 heteroatoms. The number of thiophene rings is 1. The number of rotatable bonds is 1. The molecule has 0 saturated carbocycles. The van der Waals surface area contributed by atoms with E-state index in [1.54, 1.807) is 11.3 Å². The Balaban J connectivity index is 2.73. The zero-order valence-corrected chi connectivity index (χ0v) is 9.11. The molecular weight excluding hydrogens is 178 g/mol. The molecule has 0 fully saturated rings. The molecular formula is C11H15NS. The maximum atomic E-state index is 5.81. The van der Waals surface area contributed by atoms with Gasteiger partial charge in [0.25, 0.3) is 0 Å². The van der Waals surface area contributed by atoms with E-state index in [1.165, 1.54) is 4.88 Å². The van der Waals surface area contributed by atoms with Crippen LogP contribution in [-0.4, -0.2) is 6.04 Å². The topological polar surface area (TPSA) is 26.0 Å². The van der Waals surface area contributed by atoms with Crippen molar-refractivity contribution in [2.45, 2.75) is 26.8 Å². The molecule has 1 unspecified atom stereocenters. The minimum absolute atomic E-state index is 0.0145. The quantitative estimate of drug-likeness (QED) is 0.681. The molecule has 1 aromatic heterocycles. The number of nitrogens with two attached hydrogens (primary N) is 1. The zero-order chi connectivity index (χ0) is 9.84. The first kappa shape index (κ1) is 10.3. The Bertz CT molecular complexity index is 327. The van der Waals surface area contributed by atoms with Crippen LogP contribution in [0, 0.1) is 24.7 Å². The summed E-state index contributed by atoms with van der Waals surface area (Å²) in [6, 6.07) is 2.03. The summed E-state index contributed by atoms with van der Waals surface area (Å²) in [7, 11) is 0. The molecule has 70 valence electrons. The fraction of sp³-hybridized carbons (Fsp3) is 0.455. The van der Waals surface area contributed by atoms with Crippen LogP contribution in [0.3, 0.4) is 0 Å². The molecule has 0 aliphatic heterocycles. The van der Waals surface area contributed by atoms with E-state index < -0.39 is 0 Å². The second kappa shape index (κ2) is 4.45. The largest absolute Gasteiger partial charge is 0.317 e. The van der Waals surface area contributed by atoms with Gasteiger partial charge in [0.1, 0.15) is 0 Å². The fourth-order valence-electron chi connectivity index (χ4n) is 0.842. The molecule has 2 N–H and O–H groups in total. The standard InChI is InChI=1S/C11H15NS/c1-8(2)11(12)5-4-10-6-7-13-9(10)3/h6-8,11H,12H2,1-3H3. The van der Waals surface area contributed by atoms with Gasteiger partial charge in [0.2, 0.25) is 0 Å². The average Bonchev–Trinajstić information content (AvgIpc) is 2.47. The minimum atomic E-state index is -0.0145. The van der Waals surface area contributed by atoms with Crippen LogP contribution in [-0.2, 0) is 0 Å². The molecule has 0 bridgehead atoms. The summed E-state index contributed by atoms with van der Waals surface area (Å²) in [5.41, 5.74) is 6.93. The minimum Gasteiger partial charge on any atom is -0.317 e. The van der Waals surface area contributed by atoms with E-state index in [2.05, 4.69) is 38.0 Å². The molecule has 1 rings (SSSR count). The van der Waals surface area contributed by atoms with Crippen LogP contribution in [0.5, 0.6) is 0 Å². The Morgan fingerprint density at radius 3 is 2.62 bits per heavy atom. The van der Waals surface area contributed by atoms with Gasteiger partial charge in [-0.25, -0.2) is 0 Å². The van der Waals surface area contributed by atoms with Crippen molar-refractivity contribution >= 4 is 11.3 Å². The fourth-order valence-corrected chi connectivity index (χ4v) is 1.50. The molecule has 1 nitrogen and oxygen atoms in total. The van der Waals surface area contributed by atoms with Gasteiger partial charge in [0, 0.05) is 10.4 Å². The first-order chi connectivity index (χ1) is 6.11. The summed E-state index contributed by atoms with van der Waals surface area (Å²) in [6.45, 7) is 6.25. The summed E-state index contributed by atoms with van der Waals surface area (Å²) in [4.78, 5) is 1.27. The lowest BCUT2D eigenvalue weighted by Crippen LogP contribution is -2.23. The van der Waals surface area contributed by atoms with E-state index in [-0.39, 0.29) is 6.04 Å². The highest BCUT2D eigenvalue weighted by molar-refractivity contribution is 7.10. The molecule has 0 radical (unpaired) electrons. The predicted octanol–water partition coefficient (Wildman–Crippen LogP) is 2.39. The van der Waals surface area contributed by atoms with Crippen LogP contribution >= 0.6 is 11.3 Å². The maximum Gasteiger partial charge on any atom is 0.0691 e. The van der Waals surface area contributed by atoms with Gasteiger partial charge in [-0.2, -0.15) is 0 Å². The van der Waals surface area contributed by atoms with Gasteiger partial charge in [0.05, 0.1) is 6.04 Å². The van der Waals surface area contributed by atoms with Crippen LogP contribution in [0.25, 0.3) is 0 Å². The van der Waals surface area contributed by atoms with Crippen LogP contribution in [0.4, 0.5) is 0 Å². The Kier molecular flexibility index (Phi) is 3.53. The van der Waals surface area contributed by atoms with Gasteiger partial charge in [-0.15, -0.1) is 11.3 Å². The van der Waals surface area contributed by atoms with Gasteiger partial charge >= 0.3 is 0 Å². The lowest BCUT2D eigenvalue weighted by molar-refractivity contribution is 0.584. The van der Waals surface area contributed by atoms with E-state index in [0.717, 1.165) is 5.56 Å². The molecule has 0 aromatic carbocycles. The van der Waals surface area contributed by atoms with Crippen molar-refractivity contribution in [2.24, 2.45) is 11.7 Å². The molecule has 0 aliphatic carbocycles. The molecule has 0 aliphatic rings. The second-order valence-electron chi connectivity index (χ2n) is 3.43. The van der Waals surface area contributed by atoms with Gasteiger partial charge < -0.3 is 5.73 Å². The monoisotopic (exact) mass is 193 g/mol. The highest BCUT2D eigenvalue weighted by atomic mass is 32.1. The van der Waals surface area contributed by atoms with E-state index in [9.17, 15) is 0 Å². The lowest BCUT2D eigenvalue weighted by atomic mass is 10.1. The van der Waals surface area contributed by atoms with Gasteiger partial charge in [-0.3, -0.25) is 0 Å². The van der Waals surface area contributed by atoms with Crippen molar-refractivity contribution in [1.82, 2.24) is 0 Å². The number of aryl methyl sites for hydroxylation is 1. The van der Waals surface area contributed by atoms with E-state index in [4.69, 9.17) is 5.73 Å². The summed E-state index contributed by atoms with van der Waals surface area (Å²) < 4.78 is 0. The third-order valence-electron chi connectivity index (χ3n) is 1.95. The van der Waals surface area contributed by atoms with Gasteiger partial charge in [-0.1, -0.05) is 25.7 Å². The highest BCUT2D eigenvalue weighted by Crippen LogP contribution is 2.13. The molecule has 13 heavy (non-hydrogen) atoms. The van der Waals surface area contributed by atoms with Crippen molar-refractivity contribution in [2.75, 3.05) is 0 Å². The highest BCUT2D eigenvalue weighted by Gasteiger charge is 2.02. The lowest BCUT2D eigenvalue weighted by Gasteiger charge is -2.06. The second-order valence-corrected chi connectivity index (χ2v) is 4.55. The molecule has 1 atom stereocenters. The Hall–Kier alpha value is -0.780. The van der Waals surface area contributed by atoms with Crippen LogP contribution in [0.1, 0.15) is 24.3 Å². The normalized spacial score (nSPS) is 12.4. The van der Waals surface area contributed by atoms with E-state index in [1.807, 2.05) is 6.07 Å². The maximum absolute atomic E-state index is 5.81. The Morgan fingerprint density at radius 2 is 2.15 bits per heavy atom. The molecule has 1 heterocycles. The van der Waals surface area contributed by atoms with Crippen molar-refractivity contribution in [3.05, 3.63) is 21.9 Å². The number of hydrogen-bond donors (Lipinski definition) is 1. The number of hydrogen-bond acceptors (Lipinski definition) is 2. The smallest absolute Gasteiger partial charge is 0.0691 e.